The average Bonchev–Trinajstić information content (AvgIpc) is 2.54. The van der Waals surface area contributed by atoms with Crippen LogP contribution in [-0.2, 0) is 14.8 Å². The molecule has 134 valence electrons. The highest BCUT2D eigenvalue weighted by molar-refractivity contribution is 7.92. The molecule has 2 rings (SSSR count). The lowest BCUT2D eigenvalue weighted by atomic mass is 10.2. The molecule has 0 spiro atoms. The van der Waals surface area contributed by atoms with Gasteiger partial charge in [0.25, 0.3) is 0 Å². The molecule has 0 saturated heterocycles. The normalized spacial score (nSPS) is 12.3. The molecule has 1 unspecified atom stereocenters. The smallest absolute Gasteiger partial charge is 0.233 e. The number of hydrogen-bond acceptors (Lipinski definition) is 4. The summed E-state index contributed by atoms with van der Waals surface area (Å²) in [6.45, 7) is 1.49. The number of hydrogen-bond donors (Lipinski definition) is 2. The fourth-order valence-electron chi connectivity index (χ4n) is 2.14. The zero-order valence-electron chi connectivity index (χ0n) is 13.8. The second-order valence-corrected chi connectivity index (χ2v) is 7.28. The van der Waals surface area contributed by atoms with Crippen LogP contribution in [0.15, 0.2) is 48.5 Å². The predicted octanol–water partition coefficient (Wildman–Crippen LogP) is 2.85. The van der Waals surface area contributed by atoms with Gasteiger partial charge in [-0.2, -0.15) is 0 Å². The second kappa shape index (κ2) is 7.98. The van der Waals surface area contributed by atoms with Crippen LogP contribution in [0.5, 0.6) is 5.75 Å². The minimum absolute atomic E-state index is 0.273. The molecule has 1 atom stereocenters. The van der Waals surface area contributed by atoms with Crippen molar-refractivity contribution >= 4 is 27.3 Å². The van der Waals surface area contributed by atoms with Gasteiger partial charge in [0.15, 0.2) is 0 Å². The van der Waals surface area contributed by atoms with Crippen LogP contribution in [0, 0.1) is 11.7 Å². The van der Waals surface area contributed by atoms with Gasteiger partial charge in [0.2, 0.25) is 15.9 Å². The minimum atomic E-state index is -3.74. The Kier molecular flexibility index (Phi) is 5.97. The molecule has 0 saturated carbocycles. The summed E-state index contributed by atoms with van der Waals surface area (Å²) < 4.78 is 45.0. The number of nitrogens with one attached hydrogen (secondary N) is 2. The van der Waals surface area contributed by atoms with E-state index in [-0.39, 0.29) is 5.69 Å². The molecule has 0 fully saturated rings. The first-order chi connectivity index (χ1) is 11.8. The van der Waals surface area contributed by atoms with Crippen molar-refractivity contribution in [3.63, 3.8) is 0 Å². The van der Waals surface area contributed by atoms with E-state index in [4.69, 9.17) is 4.74 Å². The topological polar surface area (TPSA) is 84.5 Å². The van der Waals surface area contributed by atoms with Crippen LogP contribution >= 0.6 is 0 Å². The number of benzene rings is 2. The summed E-state index contributed by atoms with van der Waals surface area (Å²) in [5.41, 5.74) is 0.618. The summed E-state index contributed by atoms with van der Waals surface area (Å²) in [6, 6.07) is 11.8. The fourth-order valence-corrected chi connectivity index (χ4v) is 3.52. The zero-order valence-corrected chi connectivity index (χ0v) is 14.6. The van der Waals surface area contributed by atoms with Crippen molar-refractivity contribution in [1.82, 2.24) is 0 Å². The molecular weight excluding hydrogens is 347 g/mol. The molecule has 2 aromatic rings. The summed E-state index contributed by atoms with van der Waals surface area (Å²) in [7, 11) is -2.27. The number of halogens is 1. The van der Waals surface area contributed by atoms with E-state index in [1.165, 1.54) is 38.3 Å². The second-order valence-electron chi connectivity index (χ2n) is 5.52. The van der Waals surface area contributed by atoms with Gasteiger partial charge in [0.1, 0.15) is 11.6 Å². The van der Waals surface area contributed by atoms with E-state index in [9.17, 15) is 17.6 Å². The van der Waals surface area contributed by atoms with E-state index in [2.05, 4.69) is 10.0 Å². The highest BCUT2D eigenvalue weighted by Crippen LogP contribution is 2.19. The van der Waals surface area contributed by atoms with Gasteiger partial charge < -0.3 is 10.1 Å². The molecule has 2 N–H and O–H groups in total. The van der Waals surface area contributed by atoms with Crippen molar-refractivity contribution in [2.45, 2.75) is 6.92 Å². The van der Waals surface area contributed by atoms with Gasteiger partial charge in [-0.05, 0) is 30.3 Å². The Morgan fingerprint density at radius 3 is 2.52 bits per heavy atom. The number of rotatable bonds is 7. The quantitative estimate of drug-likeness (QED) is 0.789. The summed E-state index contributed by atoms with van der Waals surface area (Å²) in [4.78, 5) is 12.1. The highest BCUT2D eigenvalue weighted by Gasteiger charge is 2.22. The van der Waals surface area contributed by atoms with Crippen molar-refractivity contribution in [2.75, 3.05) is 22.9 Å². The molecule has 8 heteroatoms. The molecule has 0 aliphatic rings. The van der Waals surface area contributed by atoms with Gasteiger partial charge in [-0.25, -0.2) is 12.8 Å². The minimum Gasteiger partial charge on any atom is -0.497 e. The Bertz CT molecular complexity index is 855. The van der Waals surface area contributed by atoms with Crippen LogP contribution in [0.2, 0.25) is 0 Å². The number of methoxy groups -OCH3 is 1. The van der Waals surface area contributed by atoms with E-state index >= 15 is 0 Å². The first kappa shape index (κ1) is 18.7. The number of ether oxygens (including phenoxy) is 1. The lowest BCUT2D eigenvalue weighted by Gasteiger charge is -2.14. The lowest BCUT2D eigenvalue weighted by molar-refractivity contribution is -0.118. The van der Waals surface area contributed by atoms with E-state index < -0.39 is 33.4 Å². The molecular formula is C17H19FN2O4S. The van der Waals surface area contributed by atoms with Gasteiger partial charge in [-0.15, -0.1) is 0 Å². The third-order valence-electron chi connectivity index (χ3n) is 3.35. The van der Waals surface area contributed by atoms with E-state index in [0.29, 0.717) is 11.4 Å². The van der Waals surface area contributed by atoms with Crippen LogP contribution in [0.1, 0.15) is 6.92 Å². The third-order valence-corrected chi connectivity index (χ3v) is 4.84. The van der Waals surface area contributed by atoms with Gasteiger partial charge in [0, 0.05) is 11.8 Å². The fraction of sp³-hybridized carbons (Fsp3) is 0.235. The van der Waals surface area contributed by atoms with Gasteiger partial charge in [0.05, 0.1) is 24.5 Å². The Labute approximate surface area is 146 Å². The molecule has 0 aromatic heterocycles. The molecule has 1 amide bonds. The monoisotopic (exact) mass is 366 g/mol. The van der Waals surface area contributed by atoms with Gasteiger partial charge in [-0.1, -0.05) is 19.1 Å². The van der Waals surface area contributed by atoms with Crippen molar-refractivity contribution in [3.8, 4) is 5.75 Å². The number of carbonyl (C=O) groups excluding carboxylic acids is 1. The number of sulfonamides is 1. The number of carbonyl (C=O) groups is 1. The Morgan fingerprint density at radius 2 is 1.84 bits per heavy atom. The first-order valence-corrected chi connectivity index (χ1v) is 9.15. The SMILES string of the molecule is COc1cccc(NS(=O)(=O)CC(C)C(=O)Nc2cccc(F)c2)c1. The van der Waals surface area contributed by atoms with Crippen molar-refractivity contribution < 1.29 is 22.3 Å². The summed E-state index contributed by atoms with van der Waals surface area (Å²) in [5.74, 6) is -1.73. The summed E-state index contributed by atoms with van der Waals surface area (Å²) in [5, 5.41) is 2.50. The molecule has 6 nitrogen and oxygen atoms in total. The van der Waals surface area contributed by atoms with Gasteiger partial charge in [-0.3, -0.25) is 9.52 Å². The molecule has 0 aliphatic heterocycles. The highest BCUT2D eigenvalue weighted by atomic mass is 32.2. The van der Waals surface area contributed by atoms with Crippen LogP contribution < -0.4 is 14.8 Å². The summed E-state index contributed by atoms with van der Waals surface area (Å²) in [6.07, 6.45) is 0. The zero-order chi connectivity index (χ0) is 18.4. The van der Waals surface area contributed by atoms with E-state index in [1.54, 1.807) is 18.2 Å². The number of anilines is 2. The molecule has 0 bridgehead atoms. The Morgan fingerprint density at radius 1 is 1.16 bits per heavy atom. The maximum atomic E-state index is 13.1. The van der Waals surface area contributed by atoms with Gasteiger partial charge >= 0.3 is 0 Å². The van der Waals surface area contributed by atoms with E-state index in [1.807, 2.05) is 0 Å². The lowest BCUT2D eigenvalue weighted by Crippen LogP contribution is -2.29. The molecule has 2 aromatic carbocycles. The standard InChI is InChI=1S/C17H19FN2O4S/c1-12(17(21)19-14-6-3-5-13(18)9-14)11-25(22,23)20-15-7-4-8-16(10-15)24-2/h3-10,12,20H,11H2,1-2H3,(H,19,21). The van der Waals surface area contributed by atoms with Crippen LogP contribution in [-0.4, -0.2) is 27.2 Å². The average molecular weight is 366 g/mol. The predicted molar refractivity (Wildman–Crippen MR) is 94.6 cm³/mol. The molecule has 0 aliphatic carbocycles. The number of amides is 1. The molecule has 25 heavy (non-hydrogen) atoms. The van der Waals surface area contributed by atoms with Crippen molar-refractivity contribution in [1.29, 1.82) is 0 Å². The van der Waals surface area contributed by atoms with Crippen LogP contribution in [0.25, 0.3) is 0 Å². The van der Waals surface area contributed by atoms with Crippen molar-refractivity contribution in [3.05, 3.63) is 54.3 Å². The maximum absolute atomic E-state index is 13.1. The maximum Gasteiger partial charge on any atom is 0.233 e. The van der Waals surface area contributed by atoms with Crippen molar-refractivity contribution in [2.24, 2.45) is 5.92 Å². The largest absolute Gasteiger partial charge is 0.497 e. The molecule has 0 radical (unpaired) electrons. The Hall–Kier alpha value is -2.61. The summed E-state index contributed by atoms with van der Waals surface area (Å²) >= 11 is 0. The van der Waals surface area contributed by atoms with Crippen LogP contribution in [0.4, 0.5) is 15.8 Å². The Balaban J connectivity index is 1.99. The third kappa shape index (κ3) is 5.75. The molecule has 0 heterocycles. The van der Waals surface area contributed by atoms with Crippen LogP contribution in [0.3, 0.4) is 0 Å². The van der Waals surface area contributed by atoms with E-state index in [0.717, 1.165) is 6.07 Å². The first-order valence-electron chi connectivity index (χ1n) is 7.50.